The Morgan fingerprint density at radius 3 is 2.54 bits per heavy atom. The molecule has 0 saturated heterocycles. The van der Waals surface area contributed by atoms with Crippen molar-refractivity contribution in [1.29, 1.82) is 0 Å². The molecule has 0 saturated carbocycles. The molecule has 0 unspecified atom stereocenters. The van der Waals surface area contributed by atoms with Crippen LogP contribution in [-0.2, 0) is 0 Å². The summed E-state index contributed by atoms with van der Waals surface area (Å²) in [6.07, 6.45) is 0. The van der Waals surface area contributed by atoms with E-state index in [0.29, 0.717) is 10.8 Å². The molecule has 1 N–H and O–H groups in total. The number of anilines is 1. The minimum absolute atomic E-state index is 0.0273. The average Bonchev–Trinajstić information content (AvgIpc) is 2.88. The molecule has 0 atom stereocenters. The van der Waals surface area contributed by atoms with E-state index in [1.165, 1.54) is 35.6 Å². The first-order chi connectivity index (χ1) is 11.5. The molecule has 0 fully saturated rings. The first kappa shape index (κ1) is 16.5. The van der Waals surface area contributed by atoms with Crippen molar-refractivity contribution >= 4 is 34.0 Å². The van der Waals surface area contributed by atoms with E-state index >= 15 is 0 Å². The first-order valence-corrected chi connectivity index (χ1v) is 8.14. The van der Waals surface area contributed by atoms with Crippen LogP contribution in [0.3, 0.4) is 0 Å². The maximum Gasteiger partial charge on any atom is 0.261 e. The van der Waals surface area contributed by atoms with Crippen LogP contribution < -0.4 is 5.32 Å². The van der Waals surface area contributed by atoms with Gasteiger partial charge >= 0.3 is 0 Å². The molecule has 3 nitrogen and oxygen atoms in total. The average molecular weight is 365 g/mol. The summed E-state index contributed by atoms with van der Waals surface area (Å²) in [5.74, 6) is -1.71. The molecule has 0 bridgehead atoms. The van der Waals surface area contributed by atoms with Gasteiger partial charge in [0, 0.05) is 10.4 Å². The van der Waals surface area contributed by atoms with Gasteiger partial charge in [0.05, 0.1) is 16.3 Å². The molecule has 1 aromatic heterocycles. The Morgan fingerprint density at radius 2 is 1.88 bits per heavy atom. The highest BCUT2D eigenvalue weighted by atomic mass is 35.5. The van der Waals surface area contributed by atoms with E-state index < -0.39 is 11.7 Å². The molecule has 1 heterocycles. The van der Waals surface area contributed by atoms with Crippen LogP contribution in [-0.4, -0.2) is 10.9 Å². The third kappa shape index (κ3) is 3.29. The smallest absolute Gasteiger partial charge is 0.261 e. The summed E-state index contributed by atoms with van der Waals surface area (Å²) in [6, 6.07) is 9.92. The minimum Gasteiger partial charge on any atom is -0.298 e. The van der Waals surface area contributed by atoms with Gasteiger partial charge in [-0.1, -0.05) is 17.7 Å². The number of carbonyl (C=O) groups excluding carboxylic acids is 1. The predicted molar refractivity (Wildman–Crippen MR) is 91.6 cm³/mol. The van der Waals surface area contributed by atoms with Gasteiger partial charge in [0.1, 0.15) is 11.6 Å². The van der Waals surface area contributed by atoms with E-state index in [1.54, 1.807) is 12.1 Å². The van der Waals surface area contributed by atoms with E-state index in [4.69, 9.17) is 11.6 Å². The molecule has 24 heavy (non-hydrogen) atoms. The Morgan fingerprint density at radius 1 is 1.17 bits per heavy atom. The number of hydrogen-bond acceptors (Lipinski definition) is 3. The highest BCUT2D eigenvalue weighted by Crippen LogP contribution is 2.31. The molecule has 0 radical (unpaired) electrons. The molecular weight excluding hydrogens is 354 g/mol. The zero-order valence-electron chi connectivity index (χ0n) is 12.4. The number of carbonyl (C=O) groups is 1. The van der Waals surface area contributed by atoms with Crippen molar-refractivity contribution in [2.45, 2.75) is 6.92 Å². The van der Waals surface area contributed by atoms with Crippen molar-refractivity contribution in [1.82, 2.24) is 4.98 Å². The lowest BCUT2D eigenvalue weighted by Gasteiger charge is -2.05. The Hall–Kier alpha value is -2.31. The quantitative estimate of drug-likeness (QED) is 0.685. The van der Waals surface area contributed by atoms with Crippen LogP contribution in [0.15, 0.2) is 42.5 Å². The van der Waals surface area contributed by atoms with Gasteiger partial charge in [-0.3, -0.25) is 10.1 Å². The summed E-state index contributed by atoms with van der Waals surface area (Å²) in [4.78, 5) is 17.4. The maximum absolute atomic E-state index is 13.8. The minimum atomic E-state index is -0.702. The number of nitrogens with one attached hydrogen (secondary N) is 1. The molecule has 122 valence electrons. The van der Waals surface area contributed by atoms with Crippen molar-refractivity contribution in [3.05, 3.63) is 69.6 Å². The second-order valence-corrected chi connectivity index (χ2v) is 6.59. The predicted octanol–water partition coefficient (Wildman–Crippen LogP) is 5.30. The molecule has 3 rings (SSSR count). The molecule has 0 aliphatic heterocycles. The van der Waals surface area contributed by atoms with Gasteiger partial charge in [-0.15, -0.1) is 11.3 Å². The van der Waals surface area contributed by atoms with Crippen LogP contribution in [0.25, 0.3) is 11.3 Å². The molecule has 7 heteroatoms. The fourth-order valence-electron chi connectivity index (χ4n) is 2.20. The number of nitrogens with zero attached hydrogens (tertiary/aromatic N) is 1. The van der Waals surface area contributed by atoms with E-state index in [1.807, 2.05) is 6.92 Å². The van der Waals surface area contributed by atoms with Crippen molar-refractivity contribution in [3.63, 3.8) is 0 Å². The highest BCUT2D eigenvalue weighted by Gasteiger charge is 2.18. The summed E-state index contributed by atoms with van der Waals surface area (Å²) < 4.78 is 26.8. The fraction of sp³-hybridized carbons (Fsp3) is 0.0588. The molecular formula is C17H11ClF2N2OS. The number of halogens is 3. The molecule has 3 aromatic rings. The SMILES string of the molecule is Cc1sc(NC(=O)c2c(F)cccc2Cl)nc1-c1ccc(F)cc1. The molecule has 0 aliphatic carbocycles. The van der Waals surface area contributed by atoms with Gasteiger partial charge in [-0.25, -0.2) is 13.8 Å². The van der Waals surface area contributed by atoms with Gasteiger partial charge in [0.15, 0.2) is 5.13 Å². The van der Waals surface area contributed by atoms with Crippen LogP contribution in [0.4, 0.5) is 13.9 Å². The third-order valence-electron chi connectivity index (χ3n) is 3.32. The largest absolute Gasteiger partial charge is 0.298 e. The summed E-state index contributed by atoms with van der Waals surface area (Å²) in [5, 5.41) is 2.90. The first-order valence-electron chi connectivity index (χ1n) is 6.94. The van der Waals surface area contributed by atoms with Crippen LogP contribution in [0.5, 0.6) is 0 Å². The second-order valence-electron chi connectivity index (χ2n) is 4.98. The standard InChI is InChI=1S/C17H11ClF2N2OS/c1-9-15(10-5-7-11(19)8-6-10)21-17(24-9)22-16(23)14-12(18)3-2-4-13(14)20/h2-8H,1H3,(H,21,22,23). The molecule has 1 amide bonds. The summed E-state index contributed by atoms with van der Waals surface area (Å²) in [6.45, 7) is 1.84. The number of aryl methyl sites for hydroxylation is 1. The molecule has 0 aliphatic rings. The highest BCUT2D eigenvalue weighted by molar-refractivity contribution is 7.16. The van der Waals surface area contributed by atoms with Crippen molar-refractivity contribution in [2.24, 2.45) is 0 Å². The van der Waals surface area contributed by atoms with Crippen LogP contribution in [0, 0.1) is 18.6 Å². The van der Waals surface area contributed by atoms with E-state index in [-0.39, 0.29) is 16.4 Å². The van der Waals surface area contributed by atoms with Crippen molar-refractivity contribution < 1.29 is 13.6 Å². The van der Waals surface area contributed by atoms with Gasteiger partial charge in [-0.2, -0.15) is 0 Å². The Balaban J connectivity index is 1.88. The molecule has 2 aromatic carbocycles. The maximum atomic E-state index is 13.8. The normalized spacial score (nSPS) is 10.7. The number of rotatable bonds is 3. The zero-order chi connectivity index (χ0) is 17.3. The number of thiazole rings is 1. The fourth-order valence-corrected chi connectivity index (χ4v) is 3.28. The summed E-state index contributed by atoms with van der Waals surface area (Å²) >= 11 is 7.13. The Bertz CT molecular complexity index is 889. The van der Waals surface area contributed by atoms with Gasteiger partial charge in [0.25, 0.3) is 5.91 Å². The second kappa shape index (κ2) is 6.67. The van der Waals surface area contributed by atoms with Crippen molar-refractivity contribution in [2.75, 3.05) is 5.32 Å². The van der Waals surface area contributed by atoms with E-state index in [0.717, 1.165) is 16.5 Å². The summed E-state index contributed by atoms with van der Waals surface area (Å²) in [5.41, 5.74) is 1.14. The lowest BCUT2D eigenvalue weighted by atomic mass is 10.1. The van der Waals surface area contributed by atoms with Gasteiger partial charge in [0.2, 0.25) is 0 Å². The number of aromatic nitrogens is 1. The number of benzene rings is 2. The van der Waals surface area contributed by atoms with E-state index in [2.05, 4.69) is 10.3 Å². The van der Waals surface area contributed by atoms with Crippen LogP contribution >= 0.6 is 22.9 Å². The van der Waals surface area contributed by atoms with Crippen LogP contribution in [0.1, 0.15) is 15.2 Å². The monoisotopic (exact) mass is 364 g/mol. The van der Waals surface area contributed by atoms with Gasteiger partial charge < -0.3 is 0 Å². The Labute approximate surface area is 145 Å². The third-order valence-corrected chi connectivity index (χ3v) is 4.53. The van der Waals surface area contributed by atoms with E-state index in [9.17, 15) is 13.6 Å². The van der Waals surface area contributed by atoms with Gasteiger partial charge in [-0.05, 0) is 43.3 Å². The number of hydrogen-bond donors (Lipinski definition) is 1. The summed E-state index contributed by atoms with van der Waals surface area (Å²) in [7, 11) is 0. The lowest BCUT2D eigenvalue weighted by molar-refractivity contribution is 0.102. The Kier molecular flexibility index (Phi) is 4.59. The lowest BCUT2D eigenvalue weighted by Crippen LogP contribution is -2.14. The molecule has 0 spiro atoms. The van der Waals surface area contributed by atoms with Crippen molar-refractivity contribution in [3.8, 4) is 11.3 Å². The number of amides is 1. The van der Waals surface area contributed by atoms with Crippen LogP contribution in [0.2, 0.25) is 5.02 Å². The zero-order valence-corrected chi connectivity index (χ0v) is 14.0. The topological polar surface area (TPSA) is 42.0 Å².